The van der Waals surface area contributed by atoms with Gasteiger partial charge in [0.15, 0.2) is 0 Å². The number of halogens is 2. The first-order valence-electron chi connectivity index (χ1n) is 3.59. The van der Waals surface area contributed by atoms with Gasteiger partial charge in [0.05, 0.1) is 0 Å². The Morgan fingerprint density at radius 1 is 1.23 bits per heavy atom. The molecule has 0 aliphatic carbocycles. The molecule has 0 saturated carbocycles. The van der Waals surface area contributed by atoms with E-state index in [1.54, 1.807) is 0 Å². The maximum absolute atomic E-state index is 5.32. The molecule has 0 aromatic carbocycles. The molecule has 13 heavy (non-hydrogen) atoms. The first-order chi connectivity index (χ1) is 5.56. The molecule has 0 aromatic rings. The van der Waals surface area contributed by atoms with Crippen LogP contribution in [0.5, 0.6) is 0 Å². The molecule has 0 radical (unpaired) electrons. The van der Waals surface area contributed by atoms with E-state index >= 15 is 0 Å². The molecular weight excluding hydrogens is 296 g/mol. The fourth-order valence-electron chi connectivity index (χ4n) is 0.767. The average molecular weight is 314 g/mol. The number of nitrogens with zero attached hydrogens (tertiary/aromatic N) is 2. The first-order valence-corrected chi connectivity index (χ1v) is 9.07. The fraction of sp³-hybridized carbons (Fsp3) is 0.625. The molecule has 1 saturated heterocycles. The van der Waals surface area contributed by atoms with Crippen molar-refractivity contribution < 1.29 is 13.5 Å². The van der Waals surface area contributed by atoms with Crippen molar-refractivity contribution in [3.8, 4) is 0 Å². The quantitative estimate of drug-likeness (QED) is 0.499. The Morgan fingerprint density at radius 3 is 1.62 bits per heavy atom. The summed E-state index contributed by atoms with van der Waals surface area (Å²) < 4.78 is 1.84. The minimum atomic E-state index is -1.36. The molecule has 5 heteroatoms. The molecule has 2 nitrogen and oxygen atoms in total. The Hall–Kier alpha value is 0.993. The Balaban J connectivity index is 0. The molecule has 84 valence electrons. The molecule has 0 N–H and O–H groups in total. The minimum Gasteiger partial charge on any atom is -0.358 e. The zero-order chi connectivity index (χ0) is 9.56. The number of hydrogen-bond donors (Lipinski definition) is 0. The van der Waals surface area contributed by atoms with E-state index in [2.05, 4.69) is 30.6 Å². The van der Waals surface area contributed by atoms with Crippen molar-refractivity contribution in [3.63, 3.8) is 0 Å². The SMILES string of the molecule is CN1[CH-]N(C)CC1.C[CH]=[Ru]([Cl])[Cl].[CH3-]. The second-order valence-electron chi connectivity index (χ2n) is 2.49. The van der Waals surface area contributed by atoms with Crippen LogP contribution >= 0.6 is 19.4 Å². The normalized spacial score (nSPS) is 18.4. The van der Waals surface area contributed by atoms with Gasteiger partial charge < -0.3 is 17.2 Å². The summed E-state index contributed by atoms with van der Waals surface area (Å²) in [5.74, 6) is 0. The molecule has 1 heterocycles. The van der Waals surface area contributed by atoms with E-state index < -0.39 is 13.5 Å². The van der Waals surface area contributed by atoms with Crippen LogP contribution in [0.1, 0.15) is 6.92 Å². The van der Waals surface area contributed by atoms with Crippen molar-refractivity contribution in [2.45, 2.75) is 6.92 Å². The molecule has 0 amide bonds. The molecule has 1 aliphatic heterocycles. The van der Waals surface area contributed by atoms with Crippen molar-refractivity contribution in [1.82, 2.24) is 9.80 Å². The van der Waals surface area contributed by atoms with Crippen LogP contribution in [-0.2, 0) is 13.5 Å². The number of rotatable bonds is 0. The van der Waals surface area contributed by atoms with Gasteiger partial charge in [0.2, 0.25) is 0 Å². The molecular formula is C8H18Cl2N2Ru-2. The smallest absolute Gasteiger partial charge is 0.358 e. The van der Waals surface area contributed by atoms with Crippen LogP contribution in [0.15, 0.2) is 0 Å². The summed E-state index contributed by atoms with van der Waals surface area (Å²) >= 11 is -1.36. The van der Waals surface area contributed by atoms with Gasteiger partial charge in [-0.3, -0.25) is 0 Å². The van der Waals surface area contributed by atoms with Crippen molar-refractivity contribution in [2.24, 2.45) is 0 Å². The third-order valence-corrected chi connectivity index (χ3v) is 3.94. The van der Waals surface area contributed by atoms with Crippen molar-refractivity contribution in [3.05, 3.63) is 14.1 Å². The van der Waals surface area contributed by atoms with Crippen LogP contribution < -0.4 is 0 Å². The Bertz CT molecular complexity index is 141. The zero-order valence-electron chi connectivity index (χ0n) is 8.57. The van der Waals surface area contributed by atoms with Gasteiger partial charge in [-0.05, 0) is 27.2 Å². The molecule has 0 spiro atoms. The summed E-state index contributed by atoms with van der Waals surface area (Å²) in [6.45, 7) is 6.34. The van der Waals surface area contributed by atoms with E-state index in [0.717, 1.165) is 0 Å². The summed E-state index contributed by atoms with van der Waals surface area (Å²) in [5.41, 5.74) is 0. The van der Waals surface area contributed by atoms with Crippen molar-refractivity contribution in [1.29, 1.82) is 0 Å². The topological polar surface area (TPSA) is 6.48 Å². The first kappa shape index (κ1) is 16.4. The second-order valence-corrected chi connectivity index (χ2v) is 8.71. The van der Waals surface area contributed by atoms with E-state index in [4.69, 9.17) is 19.4 Å². The fourth-order valence-corrected chi connectivity index (χ4v) is 0.767. The molecule has 0 bridgehead atoms. The van der Waals surface area contributed by atoms with Gasteiger partial charge >= 0.3 is 44.4 Å². The zero-order valence-corrected chi connectivity index (χ0v) is 11.8. The van der Waals surface area contributed by atoms with E-state index in [9.17, 15) is 0 Å². The maximum Gasteiger partial charge on any atom is -0.358 e. The van der Waals surface area contributed by atoms with Crippen molar-refractivity contribution in [2.75, 3.05) is 27.2 Å². The molecule has 1 rings (SSSR count). The predicted octanol–water partition coefficient (Wildman–Crippen LogP) is 2.17. The van der Waals surface area contributed by atoms with Crippen LogP contribution in [0.25, 0.3) is 0 Å². The molecule has 0 atom stereocenters. The second kappa shape index (κ2) is 9.54. The van der Waals surface area contributed by atoms with Gasteiger partial charge in [0.1, 0.15) is 0 Å². The number of hydrogen-bond acceptors (Lipinski definition) is 2. The van der Waals surface area contributed by atoms with Crippen molar-refractivity contribution >= 4 is 24.0 Å². The van der Waals surface area contributed by atoms with Gasteiger partial charge in [0, 0.05) is 0 Å². The Labute approximate surface area is 95.3 Å². The van der Waals surface area contributed by atoms with Gasteiger partial charge in [-0.1, -0.05) is 0 Å². The molecule has 0 unspecified atom stereocenters. The molecule has 0 aromatic heterocycles. The van der Waals surface area contributed by atoms with E-state index in [-0.39, 0.29) is 7.43 Å². The summed E-state index contributed by atoms with van der Waals surface area (Å²) in [6.07, 6.45) is 0. The van der Waals surface area contributed by atoms with E-state index in [1.807, 2.05) is 11.5 Å². The average Bonchev–Trinajstić information content (AvgIpc) is 2.36. The summed E-state index contributed by atoms with van der Waals surface area (Å²) in [5, 5.41) is 0. The van der Waals surface area contributed by atoms with Crippen LogP contribution in [-0.4, -0.2) is 41.6 Å². The Morgan fingerprint density at radius 2 is 1.54 bits per heavy atom. The summed E-state index contributed by atoms with van der Waals surface area (Å²) in [4.78, 5) is 4.36. The third kappa shape index (κ3) is 10.9. The van der Waals surface area contributed by atoms with Crippen LogP contribution in [0.3, 0.4) is 0 Å². The number of likely N-dealkylation sites (N-methyl/N-ethyl adjacent to an activating group) is 2. The Kier molecular flexibility index (Phi) is 12.1. The summed E-state index contributed by atoms with van der Waals surface area (Å²) in [6, 6.07) is 0. The van der Waals surface area contributed by atoms with Gasteiger partial charge in [-0.25, -0.2) is 6.67 Å². The molecule has 1 aliphatic rings. The van der Waals surface area contributed by atoms with Crippen LogP contribution in [0.4, 0.5) is 0 Å². The van der Waals surface area contributed by atoms with Gasteiger partial charge in [-0.2, -0.15) is 0 Å². The van der Waals surface area contributed by atoms with E-state index in [0.29, 0.717) is 0 Å². The van der Waals surface area contributed by atoms with Crippen LogP contribution in [0.2, 0.25) is 0 Å². The largest absolute Gasteiger partial charge is 0.358 e. The third-order valence-electron chi connectivity index (χ3n) is 1.35. The van der Waals surface area contributed by atoms with Crippen LogP contribution in [0, 0.1) is 14.1 Å². The maximum atomic E-state index is 5.32. The predicted molar refractivity (Wildman–Crippen MR) is 59.4 cm³/mol. The standard InChI is InChI=1S/C5H11N2.C2H4.CH3.2ClH.Ru/c1-6-3-4-7(2)5-6;1-2;;;;/h5H,3-4H2,1-2H3;1H,2H3;1H3;2*1H;/q-1;;-1;;;+2/p-2. The van der Waals surface area contributed by atoms with Gasteiger partial charge in [-0.15, -0.1) is 0 Å². The van der Waals surface area contributed by atoms with Gasteiger partial charge in [0.25, 0.3) is 0 Å². The monoisotopic (exact) mass is 314 g/mol. The summed E-state index contributed by atoms with van der Waals surface area (Å²) in [7, 11) is 14.8. The molecule has 1 fully saturated rings. The van der Waals surface area contributed by atoms with E-state index in [1.165, 1.54) is 13.1 Å². The minimum absolute atomic E-state index is 0.